The Morgan fingerprint density at radius 3 is 2.77 bits per heavy atom. The lowest BCUT2D eigenvalue weighted by molar-refractivity contribution is -0.127. The Bertz CT molecular complexity index is 1280. The van der Waals surface area contributed by atoms with E-state index in [1.54, 1.807) is 29.0 Å². The van der Waals surface area contributed by atoms with Crippen LogP contribution in [0.4, 0.5) is 10.5 Å². The normalized spacial score (nSPS) is 14.7. The Morgan fingerprint density at radius 2 is 2.00 bits per heavy atom. The number of imide groups is 1. The molecular formula is C23H19N5O3. The molecule has 1 aliphatic heterocycles. The molecule has 3 aromatic rings. The number of benzene rings is 2. The van der Waals surface area contributed by atoms with Crippen molar-refractivity contribution in [2.75, 3.05) is 11.9 Å². The summed E-state index contributed by atoms with van der Waals surface area (Å²) in [5.74, 6) is -1.05. The molecule has 0 atom stereocenters. The Hall–Kier alpha value is -4.38. The van der Waals surface area contributed by atoms with Gasteiger partial charge in [0.2, 0.25) is 5.91 Å². The summed E-state index contributed by atoms with van der Waals surface area (Å²) in [6, 6.07) is 16.2. The van der Waals surface area contributed by atoms with Gasteiger partial charge in [-0.25, -0.2) is 9.69 Å². The van der Waals surface area contributed by atoms with Crippen molar-refractivity contribution in [3.8, 4) is 6.07 Å². The number of rotatable bonds is 5. The maximum Gasteiger partial charge on any atom is 0.329 e. The number of amides is 4. The number of urea groups is 1. The molecule has 0 saturated carbocycles. The molecule has 1 fully saturated rings. The third-order valence-corrected chi connectivity index (χ3v) is 4.93. The SMILES string of the molecule is Cc1cccc(NC(=O)CN2C(=O)NC(=Cc3cn(CC#N)c4ccccc34)C2=O)c1. The predicted octanol–water partition coefficient (Wildman–Crippen LogP) is 3.00. The van der Waals surface area contributed by atoms with Gasteiger partial charge in [-0.1, -0.05) is 30.3 Å². The van der Waals surface area contributed by atoms with Gasteiger partial charge in [-0.05, 0) is 36.8 Å². The van der Waals surface area contributed by atoms with Gasteiger partial charge in [0.1, 0.15) is 18.8 Å². The summed E-state index contributed by atoms with van der Waals surface area (Å²) in [5.41, 5.74) is 3.20. The molecule has 4 rings (SSSR count). The third kappa shape index (κ3) is 4.02. The molecule has 0 bridgehead atoms. The molecule has 8 heteroatoms. The molecule has 4 amide bonds. The molecule has 2 aromatic carbocycles. The van der Waals surface area contributed by atoms with E-state index < -0.39 is 24.4 Å². The molecule has 1 aliphatic rings. The maximum atomic E-state index is 12.8. The molecule has 0 radical (unpaired) electrons. The summed E-state index contributed by atoms with van der Waals surface area (Å²) >= 11 is 0. The number of hydrogen-bond donors (Lipinski definition) is 2. The average molecular weight is 413 g/mol. The standard InChI is InChI=1S/C23H19N5O3/c1-15-5-4-6-17(11-15)25-21(29)14-28-22(30)19(26-23(28)31)12-16-13-27(10-9-24)20-8-3-2-7-18(16)20/h2-8,11-13H,10,14H2,1H3,(H,25,29)(H,26,31). The van der Waals surface area contributed by atoms with Crippen molar-refractivity contribution in [3.63, 3.8) is 0 Å². The van der Waals surface area contributed by atoms with Crippen LogP contribution in [0.5, 0.6) is 0 Å². The first-order valence-corrected chi connectivity index (χ1v) is 9.62. The van der Waals surface area contributed by atoms with Gasteiger partial charge >= 0.3 is 6.03 Å². The van der Waals surface area contributed by atoms with Crippen LogP contribution in [-0.4, -0.2) is 33.9 Å². The fourth-order valence-corrected chi connectivity index (χ4v) is 3.53. The molecule has 0 aliphatic carbocycles. The minimum absolute atomic E-state index is 0.0771. The monoisotopic (exact) mass is 413 g/mol. The Morgan fingerprint density at radius 1 is 1.19 bits per heavy atom. The van der Waals surface area contributed by atoms with Crippen molar-refractivity contribution in [1.29, 1.82) is 5.26 Å². The zero-order valence-corrected chi connectivity index (χ0v) is 16.8. The number of carbonyl (C=O) groups excluding carboxylic acids is 3. The highest BCUT2D eigenvalue weighted by molar-refractivity contribution is 6.16. The minimum atomic E-state index is -0.656. The number of nitrogens with zero attached hydrogens (tertiary/aromatic N) is 3. The third-order valence-electron chi connectivity index (χ3n) is 4.93. The first-order chi connectivity index (χ1) is 15.0. The number of carbonyl (C=O) groups is 3. The second-order valence-corrected chi connectivity index (χ2v) is 7.18. The van der Waals surface area contributed by atoms with Crippen LogP contribution in [0.2, 0.25) is 0 Å². The second kappa shape index (κ2) is 8.16. The van der Waals surface area contributed by atoms with Crippen LogP contribution in [0.1, 0.15) is 11.1 Å². The Labute approximate surface area is 178 Å². The molecule has 0 unspecified atom stereocenters. The van der Waals surface area contributed by atoms with Crippen molar-refractivity contribution in [2.45, 2.75) is 13.5 Å². The van der Waals surface area contributed by atoms with Gasteiger partial charge in [-0.15, -0.1) is 0 Å². The lowest BCUT2D eigenvalue weighted by Crippen LogP contribution is -2.38. The molecule has 1 saturated heterocycles. The summed E-state index contributed by atoms with van der Waals surface area (Å²) in [4.78, 5) is 38.3. The largest absolute Gasteiger partial charge is 0.333 e. The van der Waals surface area contributed by atoms with Gasteiger partial charge in [0, 0.05) is 28.4 Å². The van der Waals surface area contributed by atoms with E-state index in [0.717, 1.165) is 21.4 Å². The predicted molar refractivity (Wildman–Crippen MR) is 116 cm³/mol. The molecule has 2 heterocycles. The zero-order chi connectivity index (χ0) is 22.0. The van der Waals surface area contributed by atoms with Gasteiger partial charge in [-0.2, -0.15) is 5.26 Å². The first kappa shape index (κ1) is 19.9. The van der Waals surface area contributed by atoms with Gasteiger partial charge in [0.25, 0.3) is 5.91 Å². The summed E-state index contributed by atoms with van der Waals surface area (Å²) in [6.07, 6.45) is 3.32. The first-order valence-electron chi connectivity index (χ1n) is 9.62. The summed E-state index contributed by atoms with van der Waals surface area (Å²) in [7, 11) is 0. The Kier molecular flexibility index (Phi) is 5.24. The van der Waals surface area contributed by atoms with E-state index >= 15 is 0 Å². The lowest BCUT2D eigenvalue weighted by Gasteiger charge is -2.12. The van der Waals surface area contributed by atoms with Crippen LogP contribution in [0.25, 0.3) is 17.0 Å². The Balaban J connectivity index is 1.55. The highest BCUT2D eigenvalue weighted by Gasteiger charge is 2.35. The van der Waals surface area contributed by atoms with E-state index in [-0.39, 0.29) is 12.2 Å². The fraction of sp³-hybridized carbons (Fsp3) is 0.130. The van der Waals surface area contributed by atoms with Gasteiger partial charge in [-0.3, -0.25) is 9.59 Å². The molecule has 1 aromatic heterocycles. The molecule has 8 nitrogen and oxygen atoms in total. The van der Waals surface area contributed by atoms with Gasteiger partial charge in [0.15, 0.2) is 0 Å². The van der Waals surface area contributed by atoms with Crippen molar-refractivity contribution >= 4 is 40.5 Å². The van der Waals surface area contributed by atoms with Crippen LogP contribution in [0.3, 0.4) is 0 Å². The van der Waals surface area contributed by atoms with E-state index in [9.17, 15) is 14.4 Å². The molecular weight excluding hydrogens is 394 g/mol. The number of hydrogen-bond acceptors (Lipinski definition) is 4. The number of para-hydroxylation sites is 1. The minimum Gasteiger partial charge on any atom is -0.333 e. The quantitative estimate of drug-likeness (QED) is 0.495. The highest BCUT2D eigenvalue weighted by atomic mass is 16.2. The smallest absolute Gasteiger partial charge is 0.329 e. The van der Waals surface area contributed by atoms with Crippen molar-refractivity contribution in [2.24, 2.45) is 0 Å². The van der Waals surface area contributed by atoms with Gasteiger partial charge < -0.3 is 15.2 Å². The van der Waals surface area contributed by atoms with Crippen LogP contribution < -0.4 is 10.6 Å². The van der Waals surface area contributed by atoms with E-state index in [1.165, 1.54) is 0 Å². The van der Waals surface area contributed by atoms with Crippen molar-refractivity contribution in [3.05, 3.63) is 71.6 Å². The van der Waals surface area contributed by atoms with Crippen LogP contribution >= 0.6 is 0 Å². The van der Waals surface area contributed by atoms with Crippen LogP contribution in [0, 0.1) is 18.3 Å². The zero-order valence-electron chi connectivity index (χ0n) is 16.8. The number of fused-ring (bicyclic) bond motifs is 1. The topological polar surface area (TPSA) is 107 Å². The number of nitriles is 1. The van der Waals surface area contributed by atoms with E-state index in [4.69, 9.17) is 5.26 Å². The number of aromatic nitrogens is 1. The average Bonchev–Trinajstić information content (AvgIpc) is 3.21. The van der Waals surface area contributed by atoms with E-state index in [2.05, 4.69) is 16.7 Å². The van der Waals surface area contributed by atoms with Crippen molar-refractivity contribution < 1.29 is 14.4 Å². The van der Waals surface area contributed by atoms with Crippen molar-refractivity contribution in [1.82, 2.24) is 14.8 Å². The summed E-state index contributed by atoms with van der Waals surface area (Å²) < 4.78 is 1.77. The molecule has 154 valence electrons. The van der Waals surface area contributed by atoms with Crippen LogP contribution in [0.15, 0.2) is 60.4 Å². The van der Waals surface area contributed by atoms with Gasteiger partial charge in [0.05, 0.1) is 6.07 Å². The second-order valence-electron chi connectivity index (χ2n) is 7.18. The van der Waals surface area contributed by atoms with E-state index in [0.29, 0.717) is 11.3 Å². The summed E-state index contributed by atoms with van der Waals surface area (Å²) in [5, 5.41) is 15.1. The number of nitrogens with one attached hydrogen (secondary N) is 2. The molecule has 31 heavy (non-hydrogen) atoms. The highest BCUT2D eigenvalue weighted by Crippen LogP contribution is 2.24. The number of anilines is 1. The molecule has 2 N–H and O–H groups in total. The van der Waals surface area contributed by atoms with Crippen LogP contribution in [-0.2, 0) is 16.1 Å². The molecule has 0 spiro atoms. The van der Waals surface area contributed by atoms with E-state index in [1.807, 2.05) is 43.3 Å². The summed E-state index contributed by atoms with van der Waals surface area (Å²) in [6.45, 7) is 1.67. The number of aryl methyl sites for hydroxylation is 1. The fourth-order valence-electron chi connectivity index (χ4n) is 3.53. The maximum absolute atomic E-state index is 12.8. The lowest BCUT2D eigenvalue weighted by atomic mass is 10.1.